The monoisotopic (exact) mass is 397 g/mol. The van der Waals surface area contributed by atoms with Crippen LogP contribution in [0.2, 0.25) is 0 Å². The van der Waals surface area contributed by atoms with E-state index in [2.05, 4.69) is 16.2 Å². The lowest BCUT2D eigenvalue weighted by Gasteiger charge is -2.11. The Balaban J connectivity index is 1.55. The van der Waals surface area contributed by atoms with Gasteiger partial charge in [-0.1, -0.05) is 30.3 Å². The first-order valence-corrected chi connectivity index (χ1v) is 8.54. The maximum absolute atomic E-state index is 12.2. The molecule has 1 heterocycles. The van der Waals surface area contributed by atoms with Crippen LogP contribution in [0.1, 0.15) is 10.4 Å². The SMILES string of the molecule is O=C(Cn1ccc2ccccc21)NNC(=S)NC(=O)c1ccccc1[N+](=O)[O-]. The average molecular weight is 397 g/mol. The van der Waals surface area contributed by atoms with Gasteiger partial charge in [0.15, 0.2) is 5.11 Å². The fraction of sp³-hybridized carbons (Fsp3) is 0.0556. The number of rotatable bonds is 4. The molecule has 142 valence electrons. The van der Waals surface area contributed by atoms with Crippen molar-refractivity contribution in [2.45, 2.75) is 6.54 Å². The molecule has 0 unspecified atom stereocenters. The Morgan fingerprint density at radius 1 is 1.04 bits per heavy atom. The van der Waals surface area contributed by atoms with Gasteiger partial charge in [0.05, 0.1) is 4.92 Å². The number of fused-ring (bicyclic) bond motifs is 1. The Kier molecular flexibility index (Phi) is 5.61. The molecule has 0 saturated heterocycles. The highest BCUT2D eigenvalue weighted by Gasteiger charge is 2.20. The second-order valence-electron chi connectivity index (χ2n) is 5.73. The molecule has 0 atom stereocenters. The molecule has 0 radical (unpaired) electrons. The largest absolute Gasteiger partial charge is 0.338 e. The summed E-state index contributed by atoms with van der Waals surface area (Å²) in [6, 6.07) is 15.0. The third kappa shape index (κ3) is 4.30. The van der Waals surface area contributed by atoms with Crippen LogP contribution < -0.4 is 16.2 Å². The van der Waals surface area contributed by atoms with Gasteiger partial charge in [0.2, 0.25) is 0 Å². The van der Waals surface area contributed by atoms with Gasteiger partial charge in [0.1, 0.15) is 12.1 Å². The number of aromatic nitrogens is 1. The number of thiocarbonyl (C=S) groups is 1. The van der Waals surface area contributed by atoms with Crippen LogP contribution in [0.15, 0.2) is 60.8 Å². The molecule has 3 N–H and O–H groups in total. The smallest absolute Gasteiger partial charge is 0.282 e. The minimum Gasteiger partial charge on any atom is -0.338 e. The zero-order valence-electron chi connectivity index (χ0n) is 14.4. The zero-order valence-corrected chi connectivity index (χ0v) is 15.2. The molecule has 9 nitrogen and oxygen atoms in total. The lowest BCUT2D eigenvalue weighted by molar-refractivity contribution is -0.385. The van der Waals surface area contributed by atoms with Crippen LogP contribution >= 0.6 is 12.2 Å². The van der Waals surface area contributed by atoms with Gasteiger partial charge >= 0.3 is 0 Å². The minimum atomic E-state index is -0.754. The van der Waals surface area contributed by atoms with Crippen LogP contribution in [0.5, 0.6) is 0 Å². The summed E-state index contributed by atoms with van der Waals surface area (Å²) in [7, 11) is 0. The topological polar surface area (TPSA) is 118 Å². The van der Waals surface area contributed by atoms with E-state index < -0.39 is 10.8 Å². The Labute approximate surface area is 164 Å². The number of para-hydroxylation sites is 2. The van der Waals surface area contributed by atoms with E-state index in [9.17, 15) is 19.7 Å². The Bertz CT molecular complexity index is 1080. The number of nitro benzene ring substituents is 1. The van der Waals surface area contributed by atoms with Crippen LogP contribution in [0.25, 0.3) is 10.9 Å². The summed E-state index contributed by atoms with van der Waals surface area (Å²) in [5.74, 6) is -1.14. The molecule has 2 amide bonds. The molecule has 0 bridgehead atoms. The minimum absolute atomic E-state index is 0.0429. The second kappa shape index (κ2) is 8.27. The van der Waals surface area contributed by atoms with Crippen LogP contribution in [-0.2, 0) is 11.3 Å². The van der Waals surface area contributed by atoms with Crippen molar-refractivity contribution in [3.8, 4) is 0 Å². The lowest BCUT2D eigenvalue weighted by Crippen LogP contribution is -2.49. The normalized spacial score (nSPS) is 10.3. The summed E-state index contributed by atoms with van der Waals surface area (Å²) >= 11 is 4.95. The van der Waals surface area contributed by atoms with Gasteiger partial charge < -0.3 is 4.57 Å². The van der Waals surface area contributed by atoms with Gasteiger partial charge in [-0.2, -0.15) is 0 Å². The van der Waals surface area contributed by atoms with Crippen molar-refractivity contribution in [2.24, 2.45) is 0 Å². The summed E-state index contributed by atoms with van der Waals surface area (Å²) < 4.78 is 1.77. The van der Waals surface area contributed by atoms with Gasteiger partial charge in [0.25, 0.3) is 17.5 Å². The first-order chi connectivity index (χ1) is 13.5. The number of hydrazine groups is 1. The molecule has 0 aliphatic rings. The predicted molar refractivity (Wildman–Crippen MR) is 106 cm³/mol. The van der Waals surface area contributed by atoms with Crippen LogP contribution in [0.4, 0.5) is 5.69 Å². The van der Waals surface area contributed by atoms with Gasteiger partial charge in [-0.05, 0) is 35.8 Å². The number of nitrogens with one attached hydrogen (secondary N) is 3. The Hall–Kier alpha value is -3.79. The highest BCUT2D eigenvalue weighted by molar-refractivity contribution is 7.80. The molecule has 10 heteroatoms. The lowest BCUT2D eigenvalue weighted by atomic mass is 10.1. The van der Waals surface area contributed by atoms with Crippen molar-refractivity contribution < 1.29 is 14.5 Å². The molecule has 2 aromatic carbocycles. The summed E-state index contributed by atoms with van der Waals surface area (Å²) in [4.78, 5) is 34.6. The van der Waals surface area contributed by atoms with Crippen molar-refractivity contribution >= 4 is 45.7 Å². The molecule has 0 spiro atoms. The van der Waals surface area contributed by atoms with Gasteiger partial charge in [-0.25, -0.2) is 0 Å². The fourth-order valence-electron chi connectivity index (χ4n) is 2.63. The van der Waals surface area contributed by atoms with Crippen LogP contribution in [0.3, 0.4) is 0 Å². The van der Waals surface area contributed by atoms with Crippen molar-refractivity contribution in [2.75, 3.05) is 0 Å². The highest BCUT2D eigenvalue weighted by Crippen LogP contribution is 2.17. The number of nitro groups is 1. The number of amides is 2. The van der Waals surface area contributed by atoms with Crippen molar-refractivity contribution in [1.29, 1.82) is 0 Å². The van der Waals surface area contributed by atoms with E-state index in [-0.39, 0.29) is 28.8 Å². The number of hydrogen-bond donors (Lipinski definition) is 3. The quantitative estimate of drug-likeness (QED) is 0.351. The van der Waals surface area contributed by atoms with Gasteiger partial charge in [0, 0.05) is 17.8 Å². The van der Waals surface area contributed by atoms with E-state index in [1.807, 2.05) is 30.3 Å². The number of carbonyl (C=O) groups is 2. The molecule has 1 aromatic heterocycles. The first-order valence-electron chi connectivity index (χ1n) is 8.13. The Morgan fingerprint density at radius 2 is 1.75 bits per heavy atom. The van der Waals surface area contributed by atoms with Crippen molar-refractivity contribution in [3.63, 3.8) is 0 Å². The molecule has 3 aromatic rings. The number of nitrogens with zero attached hydrogens (tertiary/aromatic N) is 2. The summed E-state index contributed by atoms with van der Waals surface area (Å²) in [6.45, 7) is 0.0429. The molecule has 0 fully saturated rings. The average Bonchev–Trinajstić information content (AvgIpc) is 3.09. The van der Waals surface area contributed by atoms with E-state index >= 15 is 0 Å². The number of hydrogen-bond acceptors (Lipinski definition) is 5. The van der Waals surface area contributed by atoms with E-state index in [1.54, 1.807) is 10.8 Å². The molecular weight excluding hydrogens is 382 g/mol. The van der Waals surface area contributed by atoms with Crippen LogP contribution in [0, 0.1) is 10.1 Å². The maximum Gasteiger partial charge on any atom is 0.282 e. The molecule has 28 heavy (non-hydrogen) atoms. The maximum atomic E-state index is 12.2. The summed E-state index contributed by atoms with van der Waals surface area (Å²) in [5.41, 5.74) is 5.22. The van der Waals surface area contributed by atoms with Crippen molar-refractivity contribution in [3.05, 3.63) is 76.5 Å². The van der Waals surface area contributed by atoms with E-state index in [0.29, 0.717) is 0 Å². The molecule has 0 aliphatic heterocycles. The standard InChI is InChI=1S/C18H15N5O4S/c24-16(11-22-10-9-12-5-1-3-7-14(12)22)20-21-18(28)19-17(25)13-6-2-4-8-15(13)23(26)27/h1-10H,11H2,(H,20,24)(H2,19,21,25,28). The molecular formula is C18H15N5O4S. The fourth-order valence-corrected chi connectivity index (χ4v) is 2.77. The second-order valence-corrected chi connectivity index (χ2v) is 6.14. The van der Waals surface area contributed by atoms with E-state index in [0.717, 1.165) is 10.9 Å². The third-order valence-electron chi connectivity index (χ3n) is 3.88. The molecule has 0 aliphatic carbocycles. The summed E-state index contributed by atoms with van der Waals surface area (Å²) in [6.07, 6.45) is 1.79. The van der Waals surface area contributed by atoms with Gasteiger partial charge in [-0.3, -0.25) is 35.9 Å². The zero-order chi connectivity index (χ0) is 20.1. The van der Waals surface area contributed by atoms with Crippen molar-refractivity contribution in [1.82, 2.24) is 20.7 Å². The van der Waals surface area contributed by atoms with Crippen LogP contribution in [-0.4, -0.2) is 26.4 Å². The van der Waals surface area contributed by atoms with E-state index in [4.69, 9.17) is 12.2 Å². The third-order valence-corrected chi connectivity index (χ3v) is 4.09. The Morgan fingerprint density at radius 3 is 2.54 bits per heavy atom. The van der Waals surface area contributed by atoms with Gasteiger partial charge in [-0.15, -0.1) is 0 Å². The number of benzene rings is 2. The summed E-state index contributed by atoms with van der Waals surface area (Å²) in [5, 5.41) is 14.1. The first kappa shape index (κ1) is 19.0. The molecule has 0 saturated carbocycles. The highest BCUT2D eigenvalue weighted by atomic mass is 32.1. The predicted octanol–water partition coefficient (Wildman–Crippen LogP) is 1.89. The van der Waals surface area contributed by atoms with E-state index in [1.165, 1.54) is 24.3 Å². The molecule has 3 rings (SSSR count). The number of carbonyl (C=O) groups excluding carboxylic acids is 2.